The molecule has 88 valence electrons. The second-order valence-corrected chi connectivity index (χ2v) is 4.20. The highest BCUT2D eigenvalue weighted by Gasteiger charge is 2.06. The van der Waals surface area contributed by atoms with Gasteiger partial charge in [0.05, 0.1) is 6.33 Å². The third-order valence-corrected chi connectivity index (χ3v) is 2.92. The molecule has 0 amide bonds. The van der Waals surface area contributed by atoms with Crippen LogP contribution in [0.1, 0.15) is 11.1 Å². The van der Waals surface area contributed by atoms with Gasteiger partial charge in [0, 0.05) is 5.69 Å². The topological polar surface area (TPSA) is 57.8 Å². The largest absolute Gasteiger partial charge is 0.339 e. The van der Waals surface area contributed by atoms with Gasteiger partial charge in [-0.25, -0.2) is 4.98 Å². The van der Waals surface area contributed by atoms with Crippen molar-refractivity contribution in [3.63, 3.8) is 0 Å². The predicted octanol–water partition coefficient (Wildman–Crippen LogP) is 2.78. The molecule has 0 aliphatic rings. The molecule has 1 aromatic heterocycles. The highest BCUT2D eigenvalue weighted by molar-refractivity contribution is 6.32. The number of benzene rings is 1. The molecule has 17 heavy (non-hydrogen) atoms. The van der Waals surface area contributed by atoms with E-state index in [4.69, 9.17) is 11.6 Å². The van der Waals surface area contributed by atoms with Crippen molar-refractivity contribution in [1.82, 2.24) is 9.97 Å². The molecule has 1 aromatic carbocycles. The number of aromatic nitrogens is 2. The summed E-state index contributed by atoms with van der Waals surface area (Å²) in [6.45, 7) is 4.06. The third-order valence-electron chi connectivity index (χ3n) is 2.57. The van der Waals surface area contributed by atoms with Crippen LogP contribution in [-0.2, 0) is 0 Å². The minimum absolute atomic E-state index is 0.0609. The summed E-state index contributed by atoms with van der Waals surface area (Å²) in [7, 11) is 0. The lowest BCUT2D eigenvalue weighted by Crippen LogP contribution is -2.09. The van der Waals surface area contributed by atoms with Crippen LogP contribution in [0, 0.1) is 13.8 Å². The van der Waals surface area contributed by atoms with Gasteiger partial charge in [0.1, 0.15) is 5.02 Å². The second-order valence-electron chi connectivity index (χ2n) is 3.82. The molecule has 0 spiro atoms. The number of halogens is 1. The first kappa shape index (κ1) is 11.7. The van der Waals surface area contributed by atoms with Crippen LogP contribution >= 0.6 is 11.6 Å². The van der Waals surface area contributed by atoms with Crippen molar-refractivity contribution in [1.29, 1.82) is 0 Å². The van der Waals surface area contributed by atoms with E-state index < -0.39 is 0 Å². The summed E-state index contributed by atoms with van der Waals surface area (Å²) >= 11 is 5.85. The molecular formula is C12H12ClN3O. The normalized spacial score (nSPS) is 10.3. The van der Waals surface area contributed by atoms with Gasteiger partial charge in [0.15, 0.2) is 5.82 Å². The van der Waals surface area contributed by atoms with Gasteiger partial charge < -0.3 is 10.3 Å². The zero-order valence-corrected chi connectivity index (χ0v) is 10.3. The quantitative estimate of drug-likeness (QED) is 0.861. The molecule has 4 nitrogen and oxygen atoms in total. The Morgan fingerprint density at radius 2 is 2.06 bits per heavy atom. The van der Waals surface area contributed by atoms with Crippen molar-refractivity contribution in [2.24, 2.45) is 0 Å². The fourth-order valence-corrected chi connectivity index (χ4v) is 1.58. The van der Waals surface area contributed by atoms with Crippen molar-refractivity contribution in [3.05, 3.63) is 51.0 Å². The van der Waals surface area contributed by atoms with E-state index >= 15 is 0 Å². The molecule has 0 aliphatic heterocycles. The number of hydrogen-bond acceptors (Lipinski definition) is 3. The number of anilines is 2. The van der Waals surface area contributed by atoms with Crippen LogP contribution in [0.15, 0.2) is 29.3 Å². The number of rotatable bonds is 2. The molecule has 0 atom stereocenters. The van der Waals surface area contributed by atoms with E-state index in [9.17, 15) is 4.79 Å². The Kier molecular flexibility index (Phi) is 3.15. The van der Waals surface area contributed by atoms with Crippen LogP contribution in [0.2, 0.25) is 5.02 Å². The number of H-pyrrole nitrogens is 1. The first-order chi connectivity index (χ1) is 8.08. The molecule has 0 saturated heterocycles. The van der Waals surface area contributed by atoms with E-state index in [1.807, 2.05) is 32.0 Å². The Balaban J connectivity index is 2.35. The molecule has 2 rings (SSSR count). The standard InChI is InChI=1S/C12H12ClN3O/c1-7-3-4-9(5-8(7)2)16-11-10(13)12(17)15-6-14-11/h3-6H,1-2H3,(H2,14,15,16,17). The Morgan fingerprint density at radius 3 is 2.76 bits per heavy atom. The van der Waals surface area contributed by atoms with Gasteiger partial charge in [0.2, 0.25) is 0 Å². The average molecular weight is 250 g/mol. The van der Waals surface area contributed by atoms with Gasteiger partial charge in [-0.15, -0.1) is 0 Å². The van der Waals surface area contributed by atoms with Gasteiger partial charge in [-0.05, 0) is 37.1 Å². The molecule has 1 heterocycles. The monoisotopic (exact) mass is 249 g/mol. The van der Waals surface area contributed by atoms with Gasteiger partial charge in [-0.2, -0.15) is 0 Å². The van der Waals surface area contributed by atoms with Crippen molar-refractivity contribution in [3.8, 4) is 0 Å². The predicted molar refractivity (Wildman–Crippen MR) is 69.1 cm³/mol. The maximum atomic E-state index is 11.3. The van der Waals surface area contributed by atoms with E-state index in [0.29, 0.717) is 5.82 Å². The first-order valence-electron chi connectivity index (χ1n) is 5.15. The lowest BCUT2D eigenvalue weighted by Gasteiger charge is -2.08. The minimum atomic E-state index is -0.354. The summed E-state index contributed by atoms with van der Waals surface area (Å²) in [5.41, 5.74) is 2.87. The van der Waals surface area contributed by atoms with Crippen molar-refractivity contribution in [2.45, 2.75) is 13.8 Å². The van der Waals surface area contributed by atoms with Crippen molar-refractivity contribution < 1.29 is 0 Å². The van der Waals surface area contributed by atoms with Crippen LogP contribution in [0.25, 0.3) is 0 Å². The number of aryl methyl sites for hydroxylation is 2. The fourth-order valence-electron chi connectivity index (χ4n) is 1.43. The summed E-state index contributed by atoms with van der Waals surface area (Å²) in [6, 6.07) is 5.90. The number of aromatic amines is 1. The molecule has 0 saturated carbocycles. The Morgan fingerprint density at radius 1 is 1.29 bits per heavy atom. The molecule has 0 unspecified atom stereocenters. The maximum absolute atomic E-state index is 11.3. The van der Waals surface area contributed by atoms with Gasteiger partial charge in [-0.1, -0.05) is 17.7 Å². The Labute approximate surface area is 104 Å². The van der Waals surface area contributed by atoms with Gasteiger partial charge in [0.25, 0.3) is 5.56 Å². The molecular weight excluding hydrogens is 238 g/mol. The van der Waals surface area contributed by atoms with E-state index in [1.54, 1.807) is 0 Å². The van der Waals surface area contributed by atoms with Gasteiger partial charge in [-0.3, -0.25) is 4.79 Å². The minimum Gasteiger partial charge on any atom is -0.339 e. The van der Waals surface area contributed by atoms with Crippen LogP contribution in [0.3, 0.4) is 0 Å². The summed E-state index contributed by atoms with van der Waals surface area (Å²) < 4.78 is 0. The highest BCUT2D eigenvalue weighted by atomic mass is 35.5. The number of nitrogens with zero attached hydrogens (tertiary/aromatic N) is 1. The summed E-state index contributed by atoms with van der Waals surface area (Å²) in [5, 5.41) is 3.08. The molecule has 0 radical (unpaired) electrons. The molecule has 0 bridgehead atoms. The van der Waals surface area contributed by atoms with Crippen LogP contribution in [0.5, 0.6) is 0 Å². The Hall–Kier alpha value is -1.81. The van der Waals surface area contributed by atoms with E-state index in [0.717, 1.165) is 11.3 Å². The average Bonchev–Trinajstić information content (AvgIpc) is 2.30. The highest BCUT2D eigenvalue weighted by Crippen LogP contribution is 2.21. The van der Waals surface area contributed by atoms with Gasteiger partial charge >= 0.3 is 0 Å². The zero-order chi connectivity index (χ0) is 12.4. The first-order valence-corrected chi connectivity index (χ1v) is 5.53. The fraction of sp³-hybridized carbons (Fsp3) is 0.167. The van der Waals surface area contributed by atoms with E-state index in [2.05, 4.69) is 15.3 Å². The van der Waals surface area contributed by atoms with Crippen LogP contribution in [-0.4, -0.2) is 9.97 Å². The van der Waals surface area contributed by atoms with Crippen molar-refractivity contribution >= 4 is 23.1 Å². The lowest BCUT2D eigenvalue weighted by molar-refractivity contribution is 1.12. The van der Waals surface area contributed by atoms with E-state index in [-0.39, 0.29) is 10.6 Å². The molecule has 2 aromatic rings. The summed E-state index contributed by atoms with van der Waals surface area (Å²) in [5.74, 6) is 0.360. The molecule has 0 aliphatic carbocycles. The van der Waals surface area contributed by atoms with Crippen molar-refractivity contribution in [2.75, 3.05) is 5.32 Å². The lowest BCUT2D eigenvalue weighted by atomic mass is 10.1. The molecule has 2 N–H and O–H groups in total. The SMILES string of the molecule is Cc1ccc(Nc2nc[nH]c(=O)c2Cl)cc1C. The third kappa shape index (κ3) is 2.47. The zero-order valence-electron chi connectivity index (χ0n) is 9.54. The molecule has 5 heteroatoms. The number of hydrogen-bond donors (Lipinski definition) is 2. The smallest absolute Gasteiger partial charge is 0.271 e. The summed E-state index contributed by atoms with van der Waals surface area (Å²) in [4.78, 5) is 17.7. The summed E-state index contributed by atoms with van der Waals surface area (Å²) in [6.07, 6.45) is 1.32. The second kappa shape index (κ2) is 4.59. The van der Waals surface area contributed by atoms with E-state index in [1.165, 1.54) is 11.9 Å². The maximum Gasteiger partial charge on any atom is 0.271 e. The van der Waals surface area contributed by atoms with Crippen LogP contribution in [0.4, 0.5) is 11.5 Å². The molecule has 0 fully saturated rings. The number of nitrogens with one attached hydrogen (secondary N) is 2. The van der Waals surface area contributed by atoms with Crippen LogP contribution < -0.4 is 10.9 Å². The Bertz CT molecular complexity index is 607.